The highest BCUT2D eigenvalue weighted by atomic mass is 16.2. The van der Waals surface area contributed by atoms with Gasteiger partial charge in [-0.2, -0.15) is 0 Å². The molecule has 4 heteroatoms. The van der Waals surface area contributed by atoms with Gasteiger partial charge in [0.25, 0.3) is 5.56 Å². The Hall–Kier alpha value is -2.10. The maximum absolute atomic E-state index is 11.5. The van der Waals surface area contributed by atoms with Gasteiger partial charge in [-0.1, -0.05) is 29.3 Å². The summed E-state index contributed by atoms with van der Waals surface area (Å²) in [6.07, 6.45) is 1.99. The van der Waals surface area contributed by atoms with Crippen LogP contribution in [-0.4, -0.2) is 9.97 Å². The van der Waals surface area contributed by atoms with Crippen LogP contribution in [0.25, 0.3) is 0 Å². The molecule has 17 heavy (non-hydrogen) atoms. The lowest BCUT2D eigenvalue weighted by Gasteiger charge is -2.04. The molecule has 0 unspecified atom stereocenters. The SMILES string of the molecule is Cc1cc(C)cc(Cc2c[nH]c(=O)[nH]c2=O)c1. The normalized spacial score (nSPS) is 10.5. The van der Waals surface area contributed by atoms with E-state index in [2.05, 4.69) is 16.0 Å². The summed E-state index contributed by atoms with van der Waals surface area (Å²) in [5, 5.41) is 0. The van der Waals surface area contributed by atoms with E-state index >= 15 is 0 Å². The molecule has 0 aliphatic carbocycles. The Morgan fingerprint density at radius 2 is 1.71 bits per heavy atom. The Kier molecular flexibility index (Phi) is 2.95. The molecule has 0 atom stereocenters. The molecule has 0 aliphatic rings. The van der Waals surface area contributed by atoms with E-state index in [1.54, 1.807) is 0 Å². The second kappa shape index (κ2) is 4.41. The van der Waals surface area contributed by atoms with Gasteiger partial charge in [0.1, 0.15) is 0 Å². The molecule has 2 rings (SSSR count). The lowest BCUT2D eigenvalue weighted by Crippen LogP contribution is -2.24. The van der Waals surface area contributed by atoms with Crippen LogP contribution in [0, 0.1) is 13.8 Å². The minimum Gasteiger partial charge on any atom is -0.314 e. The number of aryl methyl sites for hydroxylation is 2. The van der Waals surface area contributed by atoms with Gasteiger partial charge in [-0.3, -0.25) is 9.78 Å². The van der Waals surface area contributed by atoms with Crippen LogP contribution >= 0.6 is 0 Å². The van der Waals surface area contributed by atoms with Gasteiger partial charge >= 0.3 is 5.69 Å². The topological polar surface area (TPSA) is 65.7 Å². The number of H-pyrrole nitrogens is 2. The van der Waals surface area contributed by atoms with Crippen molar-refractivity contribution in [2.24, 2.45) is 0 Å². The first-order chi connectivity index (χ1) is 8.04. The second-order valence-electron chi connectivity index (χ2n) is 4.27. The monoisotopic (exact) mass is 230 g/mol. The van der Waals surface area contributed by atoms with Crippen molar-refractivity contribution >= 4 is 0 Å². The van der Waals surface area contributed by atoms with E-state index in [0.29, 0.717) is 12.0 Å². The van der Waals surface area contributed by atoms with Crippen molar-refractivity contribution < 1.29 is 0 Å². The van der Waals surface area contributed by atoms with Crippen molar-refractivity contribution in [3.63, 3.8) is 0 Å². The van der Waals surface area contributed by atoms with Crippen LogP contribution in [0.4, 0.5) is 0 Å². The van der Waals surface area contributed by atoms with Crippen molar-refractivity contribution in [3.05, 3.63) is 67.5 Å². The molecule has 0 saturated carbocycles. The number of benzene rings is 1. The van der Waals surface area contributed by atoms with Crippen molar-refractivity contribution in [3.8, 4) is 0 Å². The molecular formula is C13H14N2O2. The third-order valence-electron chi connectivity index (χ3n) is 2.57. The highest BCUT2D eigenvalue weighted by Crippen LogP contribution is 2.11. The van der Waals surface area contributed by atoms with Crippen molar-refractivity contribution in [2.45, 2.75) is 20.3 Å². The lowest BCUT2D eigenvalue weighted by atomic mass is 10.0. The Morgan fingerprint density at radius 3 is 2.29 bits per heavy atom. The standard InChI is InChI=1S/C13H14N2O2/c1-8-3-9(2)5-10(4-8)6-11-7-14-13(17)15-12(11)16/h3-5,7H,6H2,1-2H3,(H2,14,15,16,17). The third-order valence-corrected chi connectivity index (χ3v) is 2.57. The van der Waals surface area contributed by atoms with Crippen molar-refractivity contribution in [1.82, 2.24) is 9.97 Å². The minimum atomic E-state index is -0.473. The molecule has 0 aliphatic heterocycles. The summed E-state index contributed by atoms with van der Waals surface area (Å²) in [6, 6.07) is 6.16. The van der Waals surface area contributed by atoms with Gasteiger partial charge in [-0.05, 0) is 19.4 Å². The molecule has 1 heterocycles. The van der Waals surface area contributed by atoms with E-state index in [0.717, 1.165) is 5.56 Å². The smallest absolute Gasteiger partial charge is 0.314 e. The molecule has 0 radical (unpaired) electrons. The summed E-state index contributed by atoms with van der Waals surface area (Å²) in [5.74, 6) is 0. The lowest BCUT2D eigenvalue weighted by molar-refractivity contribution is 0.974. The molecule has 0 amide bonds. The first kappa shape index (κ1) is 11.4. The first-order valence-corrected chi connectivity index (χ1v) is 5.42. The van der Waals surface area contributed by atoms with Crippen LogP contribution in [-0.2, 0) is 6.42 Å². The van der Waals surface area contributed by atoms with Crippen LogP contribution in [0.2, 0.25) is 0 Å². The number of hydrogen-bond donors (Lipinski definition) is 2. The van der Waals surface area contributed by atoms with Gasteiger partial charge < -0.3 is 4.98 Å². The maximum atomic E-state index is 11.5. The fourth-order valence-corrected chi connectivity index (χ4v) is 1.96. The average Bonchev–Trinajstić information content (AvgIpc) is 2.21. The van der Waals surface area contributed by atoms with Gasteiger partial charge in [0.15, 0.2) is 0 Å². The van der Waals surface area contributed by atoms with E-state index in [9.17, 15) is 9.59 Å². The van der Waals surface area contributed by atoms with Crippen LogP contribution in [0.15, 0.2) is 34.0 Å². The summed E-state index contributed by atoms with van der Waals surface area (Å²) < 4.78 is 0. The maximum Gasteiger partial charge on any atom is 0.325 e. The van der Waals surface area contributed by atoms with Crippen LogP contribution in [0.3, 0.4) is 0 Å². The highest BCUT2D eigenvalue weighted by Gasteiger charge is 2.03. The first-order valence-electron chi connectivity index (χ1n) is 5.42. The van der Waals surface area contributed by atoms with Crippen molar-refractivity contribution in [1.29, 1.82) is 0 Å². The molecular weight excluding hydrogens is 216 g/mol. The van der Waals surface area contributed by atoms with Crippen LogP contribution in [0.5, 0.6) is 0 Å². The predicted octanol–water partition coefficient (Wildman–Crippen LogP) is 1.27. The summed E-state index contributed by atoms with van der Waals surface area (Å²) >= 11 is 0. The molecule has 2 aromatic rings. The van der Waals surface area contributed by atoms with Gasteiger partial charge in [0.2, 0.25) is 0 Å². The van der Waals surface area contributed by atoms with E-state index in [1.165, 1.54) is 17.3 Å². The van der Waals surface area contributed by atoms with E-state index in [-0.39, 0.29) is 5.56 Å². The number of aromatic amines is 2. The van der Waals surface area contributed by atoms with E-state index < -0.39 is 5.69 Å². The highest BCUT2D eigenvalue weighted by molar-refractivity contribution is 5.31. The van der Waals surface area contributed by atoms with E-state index in [1.807, 2.05) is 26.0 Å². The number of rotatable bonds is 2. The quantitative estimate of drug-likeness (QED) is 0.816. The molecule has 88 valence electrons. The predicted molar refractivity (Wildman–Crippen MR) is 66.4 cm³/mol. The molecule has 0 spiro atoms. The number of nitrogens with one attached hydrogen (secondary N) is 2. The third kappa shape index (κ3) is 2.72. The summed E-state index contributed by atoms with van der Waals surface area (Å²) in [7, 11) is 0. The molecule has 0 bridgehead atoms. The zero-order chi connectivity index (χ0) is 12.4. The Bertz CT molecular complexity index is 633. The fraction of sp³-hybridized carbons (Fsp3) is 0.231. The summed E-state index contributed by atoms with van der Waals surface area (Å²) in [4.78, 5) is 27.1. The molecule has 1 aromatic heterocycles. The van der Waals surface area contributed by atoms with E-state index in [4.69, 9.17) is 0 Å². The number of aromatic nitrogens is 2. The summed E-state index contributed by atoms with van der Waals surface area (Å²) in [6.45, 7) is 4.04. The minimum absolute atomic E-state index is 0.326. The fourth-order valence-electron chi connectivity index (χ4n) is 1.96. The Labute approximate surface area is 98.3 Å². The second-order valence-corrected chi connectivity index (χ2v) is 4.27. The Balaban J connectivity index is 2.38. The molecule has 2 N–H and O–H groups in total. The Morgan fingerprint density at radius 1 is 1.06 bits per heavy atom. The zero-order valence-electron chi connectivity index (χ0n) is 9.83. The average molecular weight is 230 g/mol. The van der Waals surface area contributed by atoms with Crippen molar-refractivity contribution in [2.75, 3.05) is 0 Å². The molecule has 1 aromatic carbocycles. The van der Waals surface area contributed by atoms with Crippen LogP contribution < -0.4 is 11.2 Å². The molecule has 0 fully saturated rings. The molecule has 4 nitrogen and oxygen atoms in total. The molecule has 0 saturated heterocycles. The van der Waals surface area contributed by atoms with Crippen LogP contribution in [0.1, 0.15) is 22.3 Å². The van der Waals surface area contributed by atoms with Gasteiger partial charge in [0.05, 0.1) is 0 Å². The number of hydrogen-bond acceptors (Lipinski definition) is 2. The largest absolute Gasteiger partial charge is 0.325 e. The van der Waals surface area contributed by atoms with Gasteiger partial charge in [-0.25, -0.2) is 4.79 Å². The summed E-state index contributed by atoms with van der Waals surface area (Å²) in [5.41, 5.74) is 3.17. The van der Waals surface area contributed by atoms with Gasteiger partial charge in [-0.15, -0.1) is 0 Å². The zero-order valence-corrected chi connectivity index (χ0v) is 9.83. The van der Waals surface area contributed by atoms with Gasteiger partial charge in [0, 0.05) is 18.2 Å².